The summed E-state index contributed by atoms with van der Waals surface area (Å²) >= 11 is 0. The van der Waals surface area contributed by atoms with Crippen LogP contribution in [0.5, 0.6) is 0 Å². The van der Waals surface area contributed by atoms with Gasteiger partial charge in [0, 0.05) is 12.8 Å². The van der Waals surface area contributed by atoms with Crippen molar-refractivity contribution in [3.8, 4) is 0 Å². The van der Waals surface area contributed by atoms with Crippen LogP contribution in [0, 0.1) is 0 Å². The van der Waals surface area contributed by atoms with Gasteiger partial charge in [-0.05, 0) is 89.9 Å². The Labute approximate surface area is 382 Å². The number of unbranched alkanes of at least 4 members (excludes halogenated alkanes) is 3. The molecule has 11 heteroatoms. The monoisotopic (exact) mass is 897 g/mol. The second kappa shape index (κ2) is 38.8. The molecule has 0 aliphatic carbocycles. The van der Waals surface area contributed by atoms with E-state index in [0.717, 1.165) is 64.2 Å². The summed E-state index contributed by atoms with van der Waals surface area (Å²) in [6.07, 6.45) is 57.5. The lowest BCUT2D eigenvalue weighted by atomic mass is 10.1. The van der Waals surface area contributed by atoms with Crippen molar-refractivity contribution in [1.29, 1.82) is 0 Å². The van der Waals surface area contributed by atoms with Crippen molar-refractivity contribution in [2.45, 2.75) is 148 Å². The molecule has 0 amide bonds. The minimum atomic E-state index is -4.43. The molecule has 0 bridgehead atoms. The van der Waals surface area contributed by atoms with Crippen LogP contribution in [0.1, 0.15) is 129 Å². The third-order valence-corrected chi connectivity index (χ3v) is 10.4. The molecule has 3 unspecified atom stereocenters. The highest BCUT2D eigenvalue weighted by Gasteiger charge is 2.36. The largest absolute Gasteiger partial charge is 0.472 e. The number of phosphoric acid groups is 1. The van der Waals surface area contributed by atoms with Gasteiger partial charge in [-0.15, -0.1) is 0 Å². The van der Waals surface area contributed by atoms with E-state index >= 15 is 0 Å². The molecule has 1 heterocycles. The van der Waals surface area contributed by atoms with E-state index in [0.29, 0.717) is 36.1 Å². The number of esters is 2. The maximum absolute atomic E-state index is 12.7. The molecule has 0 aromatic heterocycles. The second-order valence-electron chi connectivity index (χ2n) is 16.4. The summed E-state index contributed by atoms with van der Waals surface area (Å²) < 4.78 is 39.8. The van der Waals surface area contributed by atoms with E-state index in [1.54, 1.807) is 0 Å². The van der Waals surface area contributed by atoms with Crippen LogP contribution in [-0.2, 0) is 37.4 Å². The topological polar surface area (TPSA) is 121 Å². The number of likely N-dealkylation sites (N-methyl/N-ethyl adjacent to an activating group) is 1. The van der Waals surface area contributed by atoms with Gasteiger partial charge >= 0.3 is 19.8 Å². The van der Waals surface area contributed by atoms with Crippen LogP contribution >= 0.6 is 7.82 Å². The van der Waals surface area contributed by atoms with E-state index in [-0.39, 0.29) is 26.1 Å². The van der Waals surface area contributed by atoms with Gasteiger partial charge in [0.2, 0.25) is 0 Å². The fourth-order valence-corrected chi connectivity index (χ4v) is 6.39. The number of allylic oxidation sites excluding steroid dienone is 18. The van der Waals surface area contributed by atoms with Crippen LogP contribution in [0.2, 0.25) is 0 Å². The number of quaternary nitrogens is 1. The highest BCUT2D eigenvalue weighted by atomic mass is 31.2. The summed E-state index contributed by atoms with van der Waals surface area (Å²) in [5.41, 5.74) is 0. The van der Waals surface area contributed by atoms with E-state index in [4.69, 9.17) is 23.3 Å². The van der Waals surface area contributed by atoms with Gasteiger partial charge in [0.05, 0.1) is 40.0 Å². The van der Waals surface area contributed by atoms with Crippen LogP contribution in [0.4, 0.5) is 0 Å². The summed E-state index contributed by atoms with van der Waals surface area (Å²) in [5, 5.41) is 0. The number of rotatable bonds is 39. The third kappa shape index (κ3) is 39.7. The van der Waals surface area contributed by atoms with Gasteiger partial charge < -0.3 is 23.6 Å². The Kier molecular flexibility index (Phi) is 35.3. The molecule has 354 valence electrons. The maximum Gasteiger partial charge on any atom is 0.472 e. The zero-order valence-corrected chi connectivity index (χ0v) is 40.3. The Bertz CT molecular complexity index is 1550. The summed E-state index contributed by atoms with van der Waals surface area (Å²) in [7, 11) is 1.36. The van der Waals surface area contributed by atoms with Crippen LogP contribution in [-0.4, -0.2) is 87.1 Å². The molecule has 1 aliphatic rings. The molecule has 0 spiro atoms. The van der Waals surface area contributed by atoms with Crippen molar-refractivity contribution in [2.24, 2.45) is 0 Å². The van der Waals surface area contributed by atoms with Crippen molar-refractivity contribution in [3.63, 3.8) is 0 Å². The Morgan fingerprint density at radius 3 is 1.51 bits per heavy atom. The van der Waals surface area contributed by atoms with Gasteiger partial charge in [-0.2, -0.15) is 0 Å². The standard InChI is InChI=1S/C52H82NO9P/c1-6-8-10-11-12-13-14-15-16-17-18-19-20-21-26-29-32-35-39-43-52(55)61-48(47-60-63(56,57)59-45-44-53(3,4)5)46-58-51(54)42-38-34-31-28-25-23-22-24-27-30-33-37-41-50-49(62-50)40-36-9-7-2/h9,12-13,15-16,18-19,21,23-27,31-37,48-50H,6-8,10-11,14,17,20,22,28-30,38-47H2,1-5H3/p+1/b13-12-,16-15-,19-18-,25-23-,26-21-,27-24-,34-31-,35-32-,36-9-,37-33-/t48-,49?,50?/m1/s1. The van der Waals surface area contributed by atoms with Crippen LogP contribution < -0.4 is 0 Å². The quantitative estimate of drug-likeness (QED) is 0.0160. The van der Waals surface area contributed by atoms with Crippen molar-refractivity contribution >= 4 is 19.8 Å². The first-order valence-corrected chi connectivity index (χ1v) is 24.9. The van der Waals surface area contributed by atoms with E-state index in [2.05, 4.69) is 111 Å². The predicted molar refractivity (Wildman–Crippen MR) is 260 cm³/mol. The molecule has 4 atom stereocenters. The summed E-state index contributed by atoms with van der Waals surface area (Å²) in [6.45, 7) is 4.06. The second-order valence-corrected chi connectivity index (χ2v) is 17.9. The molecule has 1 N–H and O–H groups in total. The molecular formula is C52H83NO9P+. The zero-order valence-electron chi connectivity index (χ0n) is 39.4. The van der Waals surface area contributed by atoms with E-state index in [9.17, 15) is 19.0 Å². The number of phosphoric ester groups is 1. The van der Waals surface area contributed by atoms with E-state index < -0.39 is 32.5 Å². The first kappa shape index (κ1) is 57.4. The normalized spacial score (nSPS) is 17.8. The molecule has 1 saturated heterocycles. The highest BCUT2D eigenvalue weighted by molar-refractivity contribution is 7.47. The van der Waals surface area contributed by atoms with Crippen LogP contribution in [0.15, 0.2) is 122 Å². The number of hydrogen-bond acceptors (Lipinski definition) is 8. The molecule has 1 fully saturated rings. The van der Waals surface area contributed by atoms with Crippen molar-refractivity contribution in [1.82, 2.24) is 0 Å². The molecule has 1 rings (SSSR count). The van der Waals surface area contributed by atoms with Gasteiger partial charge in [0.25, 0.3) is 0 Å². The number of nitrogens with zero attached hydrogens (tertiary/aromatic N) is 1. The van der Waals surface area contributed by atoms with Gasteiger partial charge in [-0.25, -0.2) is 4.57 Å². The van der Waals surface area contributed by atoms with Gasteiger partial charge in [-0.3, -0.25) is 18.6 Å². The number of carbonyl (C=O) groups excluding carboxylic acids is 2. The summed E-state index contributed by atoms with van der Waals surface area (Å²) in [5.74, 6) is -1.01. The van der Waals surface area contributed by atoms with Crippen molar-refractivity contribution < 1.29 is 46.8 Å². The number of carbonyl (C=O) groups is 2. The smallest absolute Gasteiger partial charge is 0.462 e. The Hall–Kier alpha value is -3.63. The maximum atomic E-state index is 12.7. The Morgan fingerprint density at radius 1 is 0.587 bits per heavy atom. The number of ether oxygens (including phenoxy) is 3. The minimum Gasteiger partial charge on any atom is -0.462 e. The van der Waals surface area contributed by atoms with Gasteiger partial charge in [0.1, 0.15) is 19.8 Å². The van der Waals surface area contributed by atoms with E-state index in [1.807, 2.05) is 45.4 Å². The predicted octanol–water partition coefficient (Wildman–Crippen LogP) is 12.7. The average molecular weight is 897 g/mol. The lowest BCUT2D eigenvalue weighted by Crippen LogP contribution is -2.37. The molecule has 63 heavy (non-hydrogen) atoms. The molecule has 0 radical (unpaired) electrons. The molecular weight excluding hydrogens is 814 g/mol. The average Bonchev–Trinajstić information content (AvgIpc) is 3.99. The highest BCUT2D eigenvalue weighted by Crippen LogP contribution is 2.43. The van der Waals surface area contributed by atoms with Gasteiger partial charge in [-0.1, -0.05) is 148 Å². The first-order valence-electron chi connectivity index (χ1n) is 23.4. The SMILES string of the molecule is CC/C=C\CC1OC1C/C=C\C/C=C\C/C=C\C/C=C\CCC(=O)OC[C@H](COP(=O)(O)OCC[N+](C)(C)C)OC(=O)CC/C=C\C/C=C\C/C=C\C/C=C\C/C=C\CCCCC. The minimum absolute atomic E-state index is 0.00226. The first-order chi connectivity index (χ1) is 30.5. The Morgan fingerprint density at radius 2 is 1.03 bits per heavy atom. The van der Waals surface area contributed by atoms with Crippen LogP contribution in [0.25, 0.3) is 0 Å². The zero-order chi connectivity index (χ0) is 46.1. The van der Waals surface area contributed by atoms with Crippen molar-refractivity contribution in [2.75, 3.05) is 47.5 Å². The Balaban J connectivity index is 2.37. The molecule has 0 aromatic carbocycles. The fourth-order valence-electron chi connectivity index (χ4n) is 5.65. The molecule has 0 saturated carbocycles. The number of hydrogen-bond donors (Lipinski definition) is 1. The van der Waals surface area contributed by atoms with Crippen molar-refractivity contribution in [3.05, 3.63) is 122 Å². The molecule has 1 aliphatic heterocycles. The fraction of sp³-hybridized carbons (Fsp3) is 0.577. The molecule has 0 aromatic rings. The summed E-state index contributed by atoms with van der Waals surface area (Å²) in [6, 6.07) is 0. The van der Waals surface area contributed by atoms with E-state index in [1.165, 1.54) is 25.7 Å². The lowest BCUT2D eigenvalue weighted by molar-refractivity contribution is -0.870. The van der Waals surface area contributed by atoms with Gasteiger partial charge in [0.15, 0.2) is 6.10 Å². The van der Waals surface area contributed by atoms with Crippen LogP contribution in [0.3, 0.4) is 0 Å². The lowest BCUT2D eigenvalue weighted by Gasteiger charge is -2.24. The molecule has 10 nitrogen and oxygen atoms in total. The number of epoxide rings is 1. The summed E-state index contributed by atoms with van der Waals surface area (Å²) in [4.78, 5) is 35.4. The third-order valence-electron chi connectivity index (χ3n) is 9.40.